The van der Waals surface area contributed by atoms with Crippen molar-refractivity contribution >= 4 is 16.8 Å². The molecule has 4 aliphatic heterocycles. The topological polar surface area (TPSA) is 112 Å². The first-order chi connectivity index (χ1) is 18.7. The number of hydrogen-bond acceptors (Lipinski definition) is 8. The van der Waals surface area contributed by atoms with Gasteiger partial charge in [-0.25, -0.2) is 4.68 Å². The molecule has 1 spiro atoms. The molecular weight excluding hydrogens is 498 g/mol. The standard InChI is InChI=1S/C29H33N5O5/c1-17(38-20-3-4-23-22(7-20)21-5-6-37-12-18(21)10-30-23)24-11-34(32-31-24)29-13-27(2,14-29)39-25(29)26(36)33-15-28(16-33)8-19(35)9-28/h3-4,7,10-11,17,19,25,35H,5-6,8-9,12-16H2,1-2H3. The molecule has 2 aromatic heterocycles. The number of benzene rings is 1. The zero-order chi connectivity index (χ0) is 26.6. The van der Waals surface area contributed by atoms with Gasteiger partial charge in [-0.05, 0) is 62.4 Å². The smallest absolute Gasteiger partial charge is 0.254 e. The van der Waals surface area contributed by atoms with Gasteiger partial charge in [-0.15, -0.1) is 5.10 Å². The number of carbonyl (C=O) groups excluding carboxylic acids is 1. The Morgan fingerprint density at radius 1 is 1.26 bits per heavy atom. The number of aromatic nitrogens is 4. The molecule has 204 valence electrons. The second-order valence-electron chi connectivity index (χ2n) is 12.8. The van der Waals surface area contributed by atoms with E-state index in [9.17, 15) is 9.90 Å². The molecule has 10 heteroatoms. The van der Waals surface area contributed by atoms with Crippen LogP contribution in [0.4, 0.5) is 0 Å². The fourth-order valence-corrected chi connectivity index (χ4v) is 7.81. The first-order valence-electron chi connectivity index (χ1n) is 14.0. The van der Waals surface area contributed by atoms with Gasteiger partial charge in [-0.1, -0.05) is 5.21 Å². The van der Waals surface area contributed by atoms with E-state index in [0.717, 1.165) is 54.3 Å². The number of nitrogens with zero attached hydrogens (tertiary/aromatic N) is 5. The first kappa shape index (κ1) is 23.8. The maximum Gasteiger partial charge on any atom is 0.254 e. The van der Waals surface area contributed by atoms with Crippen LogP contribution in [-0.4, -0.2) is 73.4 Å². The Kier molecular flexibility index (Phi) is 4.87. The summed E-state index contributed by atoms with van der Waals surface area (Å²) in [7, 11) is 0. The van der Waals surface area contributed by atoms with E-state index < -0.39 is 11.6 Å². The van der Waals surface area contributed by atoms with Crippen molar-refractivity contribution in [2.75, 3.05) is 19.7 Å². The number of ether oxygens (including phenoxy) is 3. The van der Waals surface area contributed by atoms with Gasteiger partial charge in [0.1, 0.15) is 23.1 Å². The molecule has 2 bridgehead atoms. The highest BCUT2D eigenvalue weighted by atomic mass is 16.5. The highest BCUT2D eigenvalue weighted by Crippen LogP contribution is 2.60. The lowest BCUT2D eigenvalue weighted by Gasteiger charge is -2.58. The molecule has 39 heavy (non-hydrogen) atoms. The normalized spacial score (nSPS) is 31.4. The van der Waals surface area contributed by atoms with Crippen molar-refractivity contribution in [3.05, 3.63) is 47.4 Å². The van der Waals surface area contributed by atoms with Gasteiger partial charge in [0.05, 0.1) is 36.6 Å². The quantitative estimate of drug-likeness (QED) is 0.535. The molecule has 6 aliphatic rings. The number of rotatable bonds is 5. The summed E-state index contributed by atoms with van der Waals surface area (Å²) in [6.07, 6.45) is 6.63. The summed E-state index contributed by atoms with van der Waals surface area (Å²) in [5.74, 6) is 0.786. The summed E-state index contributed by atoms with van der Waals surface area (Å²) in [6.45, 7) is 6.77. The summed E-state index contributed by atoms with van der Waals surface area (Å²) in [6, 6.07) is 6.00. The maximum atomic E-state index is 13.5. The molecule has 1 aromatic carbocycles. The fourth-order valence-electron chi connectivity index (χ4n) is 7.81. The van der Waals surface area contributed by atoms with E-state index in [-0.39, 0.29) is 29.1 Å². The van der Waals surface area contributed by atoms with Gasteiger partial charge in [0.2, 0.25) is 0 Å². The Hall–Kier alpha value is -3.08. The lowest BCUT2D eigenvalue weighted by molar-refractivity contribution is -0.173. The average Bonchev–Trinajstić information content (AvgIpc) is 3.56. The van der Waals surface area contributed by atoms with Gasteiger partial charge in [0.15, 0.2) is 6.10 Å². The number of aliphatic hydroxyl groups excluding tert-OH is 1. The van der Waals surface area contributed by atoms with E-state index in [2.05, 4.69) is 28.3 Å². The van der Waals surface area contributed by atoms with Crippen LogP contribution in [0.25, 0.3) is 10.9 Å². The van der Waals surface area contributed by atoms with Crippen LogP contribution in [0.15, 0.2) is 30.6 Å². The van der Waals surface area contributed by atoms with E-state index in [0.29, 0.717) is 32.0 Å². The molecule has 2 unspecified atom stereocenters. The Labute approximate surface area is 226 Å². The molecule has 2 aliphatic carbocycles. The number of hydrogen-bond donors (Lipinski definition) is 1. The fraction of sp³-hybridized carbons (Fsp3) is 0.586. The summed E-state index contributed by atoms with van der Waals surface area (Å²) in [5, 5.41) is 19.8. The van der Waals surface area contributed by atoms with Gasteiger partial charge in [-0.2, -0.15) is 0 Å². The maximum absolute atomic E-state index is 13.5. The van der Waals surface area contributed by atoms with Gasteiger partial charge < -0.3 is 24.2 Å². The highest BCUT2D eigenvalue weighted by molar-refractivity contribution is 5.85. The van der Waals surface area contributed by atoms with Crippen molar-refractivity contribution in [2.24, 2.45) is 5.41 Å². The van der Waals surface area contributed by atoms with E-state index in [4.69, 9.17) is 14.2 Å². The second kappa shape index (κ2) is 7.99. The van der Waals surface area contributed by atoms with Gasteiger partial charge in [0, 0.05) is 42.9 Å². The number of carbonyl (C=O) groups is 1. The lowest BCUT2D eigenvalue weighted by Crippen LogP contribution is -2.67. The Morgan fingerprint density at radius 2 is 2.08 bits per heavy atom. The Balaban J connectivity index is 1.01. The third-order valence-corrected chi connectivity index (χ3v) is 9.67. The summed E-state index contributed by atoms with van der Waals surface area (Å²) >= 11 is 0. The number of aliphatic hydroxyl groups is 1. The molecule has 2 atom stereocenters. The van der Waals surface area contributed by atoms with Gasteiger partial charge in [-0.3, -0.25) is 9.78 Å². The van der Waals surface area contributed by atoms with E-state index >= 15 is 0 Å². The average molecular weight is 532 g/mol. The predicted molar refractivity (Wildman–Crippen MR) is 139 cm³/mol. The molecule has 1 amide bonds. The minimum Gasteiger partial charge on any atom is -0.484 e. The van der Waals surface area contributed by atoms with E-state index in [1.807, 2.05) is 41.0 Å². The number of amides is 1. The van der Waals surface area contributed by atoms with Crippen molar-refractivity contribution in [3.8, 4) is 5.75 Å². The van der Waals surface area contributed by atoms with Crippen molar-refractivity contribution in [3.63, 3.8) is 0 Å². The van der Waals surface area contributed by atoms with Crippen LogP contribution in [0, 0.1) is 5.41 Å². The first-order valence-corrected chi connectivity index (χ1v) is 14.0. The second-order valence-corrected chi connectivity index (χ2v) is 12.8. The SMILES string of the molecule is CC(Oc1ccc2ncc3c(c2c1)CCOC3)c1cn(C23CC(C)(C2)OC3C(=O)N2CC3(CC(O)C3)C2)nn1. The molecule has 3 saturated heterocycles. The van der Waals surface area contributed by atoms with E-state index in [1.165, 1.54) is 5.56 Å². The van der Waals surface area contributed by atoms with Crippen LogP contribution >= 0.6 is 0 Å². The van der Waals surface area contributed by atoms with Crippen LogP contribution in [0.5, 0.6) is 5.75 Å². The molecule has 10 nitrogen and oxygen atoms in total. The van der Waals surface area contributed by atoms with Crippen LogP contribution in [-0.2, 0) is 32.8 Å². The summed E-state index contributed by atoms with van der Waals surface area (Å²) in [5.41, 5.74) is 3.36. The largest absolute Gasteiger partial charge is 0.484 e. The third kappa shape index (κ3) is 3.50. The van der Waals surface area contributed by atoms with Gasteiger partial charge in [0.25, 0.3) is 5.91 Å². The molecule has 0 radical (unpaired) electrons. The number of fused-ring (bicyclic) bond motifs is 4. The van der Waals surface area contributed by atoms with Crippen LogP contribution in [0.2, 0.25) is 0 Å². The molecule has 2 saturated carbocycles. The van der Waals surface area contributed by atoms with Crippen LogP contribution in [0.3, 0.4) is 0 Å². The van der Waals surface area contributed by atoms with Crippen LogP contribution < -0.4 is 4.74 Å². The molecular formula is C29H33N5O5. The molecule has 3 aromatic rings. The van der Waals surface area contributed by atoms with Crippen LogP contribution in [0.1, 0.15) is 62.5 Å². The Morgan fingerprint density at radius 3 is 2.87 bits per heavy atom. The molecule has 1 N–H and O–H groups in total. The van der Waals surface area contributed by atoms with Crippen molar-refractivity contribution in [1.29, 1.82) is 0 Å². The number of likely N-dealkylation sites (tertiary alicyclic amines) is 1. The predicted octanol–water partition coefficient (Wildman–Crippen LogP) is 2.67. The monoisotopic (exact) mass is 531 g/mol. The van der Waals surface area contributed by atoms with Crippen molar-refractivity contribution in [1.82, 2.24) is 24.9 Å². The van der Waals surface area contributed by atoms with Gasteiger partial charge >= 0.3 is 0 Å². The zero-order valence-corrected chi connectivity index (χ0v) is 22.3. The molecule has 6 heterocycles. The summed E-state index contributed by atoms with van der Waals surface area (Å²) < 4.78 is 20.1. The molecule has 5 fully saturated rings. The van der Waals surface area contributed by atoms with Crippen molar-refractivity contribution < 1.29 is 24.1 Å². The zero-order valence-electron chi connectivity index (χ0n) is 22.3. The minimum atomic E-state index is -0.571. The van der Waals surface area contributed by atoms with Crippen molar-refractivity contribution in [2.45, 2.75) is 82.0 Å². The van der Waals surface area contributed by atoms with E-state index in [1.54, 1.807) is 0 Å². The third-order valence-electron chi connectivity index (χ3n) is 9.67. The highest BCUT2D eigenvalue weighted by Gasteiger charge is 2.71. The number of pyridine rings is 1. The minimum absolute atomic E-state index is 0.0306. The molecule has 9 rings (SSSR count). The summed E-state index contributed by atoms with van der Waals surface area (Å²) in [4.78, 5) is 20.0. The Bertz CT molecular complexity index is 1480. The lowest BCUT2D eigenvalue weighted by atomic mass is 9.61.